The molecule has 0 heterocycles. The second-order valence-corrected chi connectivity index (χ2v) is 17.6. The van der Waals surface area contributed by atoms with Crippen LogP contribution in [0.5, 0.6) is 0 Å². The van der Waals surface area contributed by atoms with E-state index >= 15 is 0 Å². The quantitative estimate of drug-likeness (QED) is 0.255. The Morgan fingerprint density at radius 2 is 1.90 bits per heavy atom. The Morgan fingerprint density at radius 1 is 1.12 bits per heavy atom. The molecule has 0 aromatic heterocycles. The molecule has 0 N–H and O–H groups in total. The monoisotopic (exact) mass is 577 g/mol. The third-order valence-corrected chi connectivity index (χ3v) is 14.0. The van der Waals surface area contributed by atoms with Gasteiger partial charge >= 0.3 is 0 Å². The number of hydrogen-bond acceptors (Lipinski definition) is 2. The van der Waals surface area contributed by atoms with Crippen LogP contribution in [0.15, 0.2) is 59.3 Å². The van der Waals surface area contributed by atoms with Crippen molar-refractivity contribution in [2.45, 2.75) is 135 Å². The molecule has 0 radical (unpaired) electrons. The predicted octanol–water partition coefficient (Wildman–Crippen LogP) is 10.2. The molecule has 0 aromatic carbocycles. The molecule has 4 saturated carbocycles. The Morgan fingerprint density at radius 3 is 2.59 bits per heavy atom. The van der Waals surface area contributed by atoms with Crippen LogP contribution < -0.4 is 0 Å². The highest BCUT2D eigenvalue weighted by Gasteiger charge is 2.53. The van der Waals surface area contributed by atoms with E-state index in [9.17, 15) is 4.79 Å². The molecule has 0 bridgehead atoms. The number of allylic oxidation sites excluding steroid dienone is 7. The first-order valence-electron chi connectivity index (χ1n) is 16.8. The highest BCUT2D eigenvalue weighted by molar-refractivity contribution is 7.93. The maximum atomic E-state index is 13.4. The van der Waals surface area contributed by atoms with Gasteiger partial charge in [0, 0.05) is 6.42 Å². The topological polar surface area (TPSA) is 26.3 Å². The van der Waals surface area contributed by atoms with Crippen molar-refractivity contribution in [2.75, 3.05) is 6.26 Å². The second-order valence-electron chi connectivity index (χ2n) is 15.3. The highest BCUT2D eigenvalue weighted by Crippen LogP contribution is 2.60. The first kappa shape index (κ1) is 31.1. The van der Waals surface area contributed by atoms with Crippen LogP contribution in [-0.2, 0) is 20.2 Å². The molecule has 6 atom stereocenters. The van der Waals surface area contributed by atoms with E-state index in [1.165, 1.54) is 55.2 Å². The summed E-state index contributed by atoms with van der Waals surface area (Å²) in [5.74, 6) is 2.54. The first-order chi connectivity index (χ1) is 19.5. The van der Waals surface area contributed by atoms with Crippen molar-refractivity contribution < 1.29 is 8.98 Å². The van der Waals surface area contributed by atoms with Crippen molar-refractivity contribution >= 4 is 17.0 Å². The molecule has 0 saturated heterocycles. The summed E-state index contributed by atoms with van der Waals surface area (Å²) in [6.07, 6.45) is 30.3. The standard InChI is InChI=1S/C38H57O2S/c1-27(18-23-35(39)38(25-26-38)31-15-9-8-10-16-31)32-21-22-33-30(14-12-24-37(32,33)6)20-19-29-13-11-17-34(28(29)2)40-41(7)36(3,4)5/h9,15-16,19-20,27,32-34H,2,8,10-14,17-18,21-26H2,1,3-7H3/q+1/b29-19-,30-20+/t27-,32?,33?,34+,37-,41?/m1/s1. The van der Waals surface area contributed by atoms with Gasteiger partial charge in [-0.05, 0) is 144 Å². The van der Waals surface area contributed by atoms with Gasteiger partial charge in [0.2, 0.25) is 0 Å². The average Bonchev–Trinajstić information content (AvgIpc) is 3.68. The van der Waals surface area contributed by atoms with E-state index in [0.29, 0.717) is 23.0 Å². The lowest BCUT2D eigenvalue weighted by atomic mass is 9.60. The predicted molar refractivity (Wildman–Crippen MR) is 177 cm³/mol. The van der Waals surface area contributed by atoms with Crippen LogP contribution in [0.25, 0.3) is 0 Å². The van der Waals surface area contributed by atoms with Gasteiger partial charge in [0.25, 0.3) is 0 Å². The summed E-state index contributed by atoms with van der Waals surface area (Å²) in [4.78, 5) is 13.4. The number of rotatable bonds is 9. The van der Waals surface area contributed by atoms with Gasteiger partial charge in [-0.1, -0.05) is 56.4 Å². The van der Waals surface area contributed by atoms with Crippen LogP contribution in [0.4, 0.5) is 0 Å². The largest absolute Gasteiger partial charge is 0.299 e. The fourth-order valence-electron chi connectivity index (χ4n) is 8.68. The zero-order valence-corrected chi connectivity index (χ0v) is 27.8. The molecule has 3 heteroatoms. The molecule has 5 aliphatic rings. The number of hydrogen-bond donors (Lipinski definition) is 0. The molecule has 0 amide bonds. The third kappa shape index (κ3) is 6.47. The minimum absolute atomic E-state index is 0.0850. The molecular weight excluding hydrogens is 520 g/mol. The summed E-state index contributed by atoms with van der Waals surface area (Å²) in [6.45, 7) is 16.4. The van der Waals surface area contributed by atoms with Crippen LogP contribution >= 0.6 is 0 Å². The molecule has 2 nitrogen and oxygen atoms in total. The van der Waals surface area contributed by atoms with Gasteiger partial charge in [-0.15, -0.1) is 0 Å². The molecule has 41 heavy (non-hydrogen) atoms. The third-order valence-electron chi connectivity index (χ3n) is 11.7. The first-order valence-corrected chi connectivity index (χ1v) is 18.3. The van der Waals surface area contributed by atoms with E-state index in [-0.39, 0.29) is 27.4 Å². The summed E-state index contributed by atoms with van der Waals surface area (Å²) >= 11 is -0.0850. The number of carbonyl (C=O) groups excluding carboxylic acids is 1. The summed E-state index contributed by atoms with van der Waals surface area (Å²) in [6, 6.07) is 0. The fourth-order valence-corrected chi connectivity index (χ4v) is 9.53. The summed E-state index contributed by atoms with van der Waals surface area (Å²) in [7, 11) is 0. The van der Waals surface area contributed by atoms with E-state index in [2.05, 4.69) is 77.8 Å². The molecule has 0 aromatic rings. The lowest BCUT2D eigenvalue weighted by Crippen LogP contribution is -2.36. The zero-order valence-electron chi connectivity index (χ0n) is 27.0. The van der Waals surface area contributed by atoms with E-state index in [1.54, 1.807) is 5.57 Å². The molecule has 4 fully saturated rings. The smallest absolute Gasteiger partial charge is 0.152 e. The SMILES string of the molecule is C=C1/C(=C\C=C2/CCC[C@@]3(C)C2CCC3[C@H](C)CCC(=O)C2(C3=CCCC=C3)CC2)CCC[C@@H]1O[S+](C)C(C)(C)C. The molecule has 5 aliphatic carbocycles. The maximum absolute atomic E-state index is 13.4. The van der Waals surface area contributed by atoms with Crippen LogP contribution in [-0.4, -0.2) is 22.9 Å². The minimum atomic E-state index is -0.120. The van der Waals surface area contributed by atoms with Gasteiger partial charge in [0.05, 0.1) is 5.41 Å². The van der Waals surface area contributed by atoms with Crippen molar-refractivity contribution in [3.63, 3.8) is 0 Å². The Hall–Kier alpha value is -1.32. The molecular formula is C38H57O2S+. The average molecular weight is 578 g/mol. The molecule has 0 spiro atoms. The van der Waals surface area contributed by atoms with Gasteiger partial charge in [0.1, 0.15) is 29.3 Å². The lowest BCUT2D eigenvalue weighted by Gasteiger charge is -2.44. The Bertz CT molecular complexity index is 1130. The van der Waals surface area contributed by atoms with Crippen LogP contribution in [0.2, 0.25) is 0 Å². The van der Waals surface area contributed by atoms with E-state index in [4.69, 9.17) is 4.18 Å². The van der Waals surface area contributed by atoms with Gasteiger partial charge in [-0.3, -0.25) is 4.79 Å². The lowest BCUT2D eigenvalue weighted by molar-refractivity contribution is -0.123. The van der Waals surface area contributed by atoms with Gasteiger partial charge in [-0.2, -0.15) is 4.18 Å². The Labute approximate surface area is 254 Å². The maximum Gasteiger partial charge on any atom is 0.152 e. The highest BCUT2D eigenvalue weighted by atomic mass is 32.2. The van der Waals surface area contributed by atoms with Crippen molar-refractivity contribution in [1.82, 2.24) is 0 Å². The van der Waals surface area contributed by atoms with Crippen molar-refractivity contribution in [2.24, 2.45) is 28.6 Å². The zero-order chi connectivity index (χ0) is 29.4. The van der Waals surface area contributed by atoms with Gasteiger partial charge in [-0.25, -0.2) is 0 Å². The second kappa shape index (κ2) is 12.4. The van der Waals surface area contributed by atoms with Gasteiger partial charge in [0.15, 0.2) is 4.75 Å². The van der Waals surface area contributed by atoms with E-state index in [0.717, 1.165) is 57.3 Å². The molecule has 5 rings (SSSR count). The summed E-state index contributed by atoms with van der Waals surface area (Å²) in [5, 5.41) is 0. The number of fused-ring (bicyclic) bond motifs is 1. The number of carbonyl (C=O) groups is 1. The Kier molecular flexibility index (Phi) is 9.37. The fraction of sp³-hybridized carbons (Fsp3) is 0.711. The normalized spacial score (nSPS) is 34.8. The summed E-state index contributed by atoms with van der Waals surface area (Å²) < 4.78 is 6.72. The molecule has 0 aliphatic heterocycles. The molecule has 3 unspecified atom stereocenters. The summed E-state index contributed by atoms with van der Waals surface area (Å²) in [5.41, 5.74) is 5.87. The van der Waals surface area contributed by atoms with Crippen molar-refractivity contribution in [3.05, 3.63) is 59.3 Å². The van der Waals surface area contributed by atoms with Gasteiger partial charge < -0.3 is 0 Å². The van der Waals surface area contributed by atoms with E-state index < -0.39 is 0 Å². The molecule has 226 valence electrons. The van der Waals surface area contributed by atoms with Crippen LogP contribution in [0, 0.1) is 28.6 Å². The Balaban J connectivity index is 1.21. The van der Waals surface area contributed by atoms with Crippen LogP contribution in [0.1, 0.15) is 125 Å². The van der Waals surface area contributed by atoms with E-state index in [1.807, 2.05) is 0 Å². The van der Waals surface area contributed by atoms with Crippen LogP contribution in [0.3, 0.4) is 0 Å². The number of Topliss-reactive ketones (excluding diaryl/α,β-unsaturated/α-hetero) is 1. The van der Waals surface area contributed by atoms with Crippen molar-refractivity contribution in [3.8, 4) is 0 Å². The minimum Gasteiger partial charge on any atom is -0.299 e. The number of ketones is 1. The van der Waals surface area contributed by atoms with Crippen molar-refractivity contribution in [1.29, 1.82) is 0 Å².